The first-order chi connectivity index (χ1) is 27.6. The number of sulfonamides is 1. The summed E-state index contributed by atoms with van der Waals surface area (Å²) < 4.78 is 85.7. The first-order valence-electron chi connectivity index (χ1n) is 18.9. The van der Waals surface area contributed by atoms with Gasteiger partial charge in [0, 0.05) is 44.8 Å². The van der Waals surface area contributed by atoms with E-state index in [4.69, 9.17) is 19.9 Å². The highest BCUT2D eigenvalue weighted by Crippen LogP contribution is 2.38. The van der Waals surface area contributed by atoms with E-state index in [-0.39, 0.29) is 46.8 Å². The Morgan fingerprint density at radius 1 is 1.03 bits per heavy atom. The number of carbonyl (C=O) groups is 2. The Bertz CT molecular complexity index is 2250. The number of alkyl halides is 2. The number of ether oxygens (including phenoxy) is 3. The minimum atomic E-state index is -5.12. The van der Waals surface area contributed by atoms with Crippen molar-refractivity contribution in [2.45, 2.75) is 103 Å². The number of esters is 1. The van der Waals surface area contributed by atoms with Gasteiger partial charge < -0.3 is 25.3 Å². The lowest BCUT2D eigenvalue weighted by molar-refractivity contribution is -0.154. The number of primary amides is 1. The molecular formula is C41H51F3N6O7SSi. The highest BCUT2D eigenvalue weighted by molar-refractivity contribution is 7.93. The number of rotatable bonds is 19. The molecule has 0 bridgehead atoms. The van der Waals surface area contributed by atoms with Crippen molar-refractivity contribution in [3.8, 4) is 28.8 Å². The van der Waals surface area contributed by atoms with Gasteiger partial charge in [-0.05, 0) is 88.5 Å². The maximum absolute atomic E-state index is 13.6. The first-order valence-corrected chi connectivity index (χ1v) is 24.2. The van der Waals surface area contributed by atoms with Gasteiger partial charge in [-0.3, -0.25) is 14.3 Å². The molecule has 4 N–H and O–H groups in total. The summed E-state index contributed by atoms with van der Waals surface area (Å²) in [5.41, 5.74) is 6.46. The summed E-state index contributed by atoms with van der Waals surface area (Å²) in [4.78, 5) is 29.6. The van der Waals surface area contributed by atoms with Gasteiger partial charge in [0.15, 0.2) is 0 Å². The highest BCUT2D eigenvalue weighted by atomic mass is 32.2. The lowest BCUT2D eigenvalue weighted by Gasteiger charge is -2.19. The molecule has 1 amide bonds. The van der Waals surface area contributed by atoms with Crippen molar-refractivity contribution >= 4 is 47.3 Å². The van der Waals surface area contributed by atoms with Crippen molar-refractivity contribution < 1.29 is 45.4 Å². The van der Waals surface area contributed by atoms with Crippen molar-refractivity contribution in [2.24, 2.45) is 5.73 Å². The van der Waals surface area contributed by atoms with Crippen LogP contribution in [-0.2, 0) is 31.0 Å². The molecule has 18 heteroatoms. The molecule has 0 saturated heterocycles. The Hall–Kier alpha value is -5.38. The maximum atomic E-state index is 13.6. The average Bonchev–Trinajstić information content (AvgIpc) is 3.49. The second kappa shape index (κ2) is 20.1. The SMILES string of the molecule is CC(Oc1cc(-c2nn(COCC[Si](C)(C)C)c(Nc3ccc(C#CCCCCC(=O)OC(C)(C)C)cn3)c2C(N)=O)ccc1NS(=O)(=O)C(F)F)c1ccc(F)cc1. The summed E-state index contributed by atoms with van der Waals surface area (Å²) in [6.45, 7) is 14.0. The van der Waals surface area contributed by atoms with Gasteiger partial charge in [0.05, 0.1) is 5.69 Å². The van der Waals surface area contributed by atoms with Crippen LogP contribution in [0.15, 0.2) is 60.8 Å². The van der Waals surface area contributed by atoms with Crippen molar-refractivity contribution in [3.05, 3.63) is 83.3 Å². The van der Waals surface area contributed by atoms with Crippen molar-refractivity contribution in [3.63, 3.8) is 0 Å². The molecule has 2 aromatic carbocycles. The minimum absolute atomic E-state index is 0.0468. The Morgan fingerprint density at radius 2 is 1.75 bits per heavy atom. The van der Waals surface area contributed by atoms with E-state index in [9.17, 15) is 31.2 Å². The number of anilines is 3. The van der Waals surface area contributed by atoms with Gasteiger partial charge >= 0.3 is 11.7 Å². The van der Waals surface area contributed by atoms with Gasteiger partial charge in [0.2, 0.25) is 0 Å². The summed E-state index contributed by atoms with van der Waals surface area (Å²) in [5.74, 6) is 1.06. The predicted molar refractivity (Wildman–Crippen MR) is 223 cm³/mol. The summed E-state index contributed by atoms with van der Waals surface area (Å²) in [6.07, 6.45) is 2.99. The van der Waals surface area contributed by atoms with Crippen LogP contribution in [0.5, 0.6) is 5.75 Å². The molecule has 0 aliphatic carbocycles. The molecular weight excluding hydrogens is 806 g/mol. The lowest BCUT2D eigenvalue weighted by atomic mass is 10.1. The number of aromatic nitrogens is 3. The average molecular weight is 857 g/mol. The lowest BCUT2D eigenvalue weighted by Crippen LogP contribution is -2.23. The van der Waals surface area contributed by atoms with Gasteiger partial charge in [-0.25, -0.2) is 22.5 Å². The van der Waals surface area contributed by atoms with Crippen LogP contribution in [-0.4, -0.2) is 61.1 Å². The topological polar surface area (TPSA) is 177 Å². The third-order valence-electron chi connectivity index (χ3n) is 8.39. The van der Waals surface area contributed by atoms with Crippen LogP contribution < -0.4 is 20.5 Å². The molecule has 2 heterocycles. The molecule has 0 aliphatic heterocycles. The Labute approximate surface area is 344 Å². The third-order valence-corrected chi connectivity index (χ3v) is 11.1. The Balaban J connectivity index is 1.66. The number of carbonyl (C=O) groups excluding carboxylic acids is 2. The number of nitrogens with zero attached hydrogens (tertiary/aromatic N) is 3. The fraction of sp³-hybridized carbons (Fsp3) is 0.415. The second-order valence-electron chi connectivity index (χ2n) is 15.9. The number of amides is 1. The molecule has 0 spiro atoms. The molecule has 0 saturated carbocycles. The van der Waals surface area contributed by atoms with Crippen molar-refractivity contribution in [1.29, 1.82) is 0 Å². The minimum Gasteiger partial charge on any atom is -0.484 e. The van der Waals surface area contributed by atoms with Crippen LogP contribution in [0.3, 0.4) is 0 Å². The van der Waals surface area contributed by atoms with Gasteiger partial charge in [-0.15, -0.1) is 0 Å². The van der Waals surface area contributed by atoms with E-state index in [1.165, 1.54) is 47.1 Å². The number of nitrogens with one attached hydrogen (secondary N) is 2. The van der Waals surface area contributed by atoms with Crippen LogP contribution in [0.4, 0.5) is 30.5 Å². The molecule has 1 atom stereocenters. The van der Waals surface area contributed by atoms with E-state index in [1.807, 2.05) is 25.5 Å². The molecule has 2 aromatic heterocycles. The molecule has 59 heavy (non-hydrogen) atoms. The first kappa shape index (κ1) is 46.3. The van der Waals surface area contributed by atoms with Crippen LogP contribution in [0.1, 0.15) is 81.0 Å². The zero-order chi connectivity index (χ0) is 43.5. The normalized spacial score (nSPS) is 12.4. The number of hydrogen-bond acceptors (Lipinski definition) is 10. The largest absolute Gasteiger partial charge is 0.484 e. The Kier molecular flexibility index (Phi) is 15.7. The molecule has 0 radical (unpaired) electrons. The third kappa shape index (κ3) is 14.4. The van der Waals surface area contributed by atoms with Crippen LogP contribution in [0.25, 0.3) is 11.3 Å². The van der Waals surface area contributed by atoms with Crippen LogP contribution >= 0.6 is 0 Å². The number of halogens is 3. The van der Waals surface area contributed by atoms with E-state index >= 15 is 0 Å². The number of unbranched alkanes of at least 4 members (excludes halogenated alkanes) is 2. The summed E-state index contributed by atoms with van der Waals surface area (Å²) in [5, 5.41) is 7.79. The van der Waals surface area contributed by atoms with Crippen molar-refractivity contribution in [1.82, 2.24) is 14.8 Å². The fourth-order valence-electron chi connectivity index (χ4n) is 5.39. The number of nitrogens with two attached hydrogens (primary N) is 1. The van der Waals surface area contributed by atoms with Crippen LogP contribution in [0.2, 0.25) is 25.7 Å². The van der Waals surface area contributed by atoms with Gasteiger partial charge in [0.1, 0.15) is 52.9 Å². The molecule has 4 aromatic rings. The van der Waals surface area contributed by atoms with Gasteiger partial charge in [-0.2, -0.15) is 13.9 Å². The second-order valence-corrected chi connectivity index (χ2v) is 23.1. The molecule has 1 unspecified atom stereocenters. The predicted octanol–water partition coefficient (Wildman–Crippen LogP) is 8.60. The van der Waals surface area contributed by atoms with E-state index in [2.05, 4.69) is 46.9 Å². The molecule has 0 aliphatic rings. The standard InChI is InChI=1S/C41H51F3N6O7SSi/c1-27(29-15-18-31(42)19-16-29)56-33-24-30(17-20-32(33)49-58(53,54)40(43)44)37-36(38(45)52)39(50(48-37)26-55-22-23-59(5,6)7)47-34-21-14-28(25-46-34)12-10-8-9-11-13-35(51)57-41(2,3)4/h14-21,24-25,27,40,49H,8-9,11,13,22-23,26H2,1-7H3,(H2,45,52)(H,46,47). The highest BCUT2D eigenvalue weighted by Gasteiger charge is 2.28. The zero-order valence-electron chi connectivity index (χ0n) is 34.2. The van der Waals surface area contributed by atoms with E-state index in [0.29, 0.717) is 42.8 Å². The van der Waals surface area contributed by atoms with Gasteiger partial charge in [-0.1, -0.05) is 49.7 Å². The summed E-state index contributed by atoms with van der Waals surface area (Å²) in [6, 6.07) is 13.5. The molecule has 4 rings (SSSR count). The monoisotopic (exact) mass is 856 g/mol. The molecule has 0 fully saturated rings. The van der Waals surface area contributed by atoms with E-state index in [1.54, 1.807) is 25.3 Å². The number of benzene rings is 2. The van der Waals surface area contributed by atoms with Gasteiger partial charge in [0.25, 0.3) is 15.9 Å². The Morgan fingerprint density at radius 3 is 2.36 bits per heavy atom. The van der Waals surface area contributed by atoms with E-state index < -0.39 is 47.3 Å². The zero-order valence-corrected chi connectivity index (χ0v) is 36.0. The number of hydrogen-bond donors (Lipinski definition) is 3. The van der Waals surface area contributed by atoms with Crippen LogP contribution in [0, 0.1) is 17.7 Å². The maximum Gasteiger partial charge on any atom is 0.355 e. The van der Waals surface area contributed by atoms with Crippen molar-refractivity contribution in [2.75, 3.05) is 16.6 Å². The number of pyridine rings is 1. The fourth-order valence-corrected chi connectivity index (χ4v) is 6.71. The summed E-state index contributed by atoms with van der Waals surface area (Å²) >= 11 is 0. The summed E-state index contributed by atoms with van der Waals surface area (Å²) in [7, 11) is -6.59. The molecule has 13 nitrogen and oxygen atoms in total. The molecule has 318 valence electrons. The van der Waals surface area contributed by atoms with E-state index in [0.717, 1.165) is 12.5 Å². The smallest absolute Gasteiger partial charge is 0.355 e. The quantitative estimate of drug-likeness (QED) is 0.0358.